The fraction of sp³-hybridized carbons (Fsp3) is 0. The van der Waals surface area contributed by atoms with Crippen molar-refractivity contribution < 1.29 is 14.0 Å². The number of benzene rings is 3. The lowest BCUT2D eigenvalue weighted by molar-refractivity contribution is 0.0977. The molecule has 0 aliphatic rings. The minimum Gasteiger partial charge on any atom is -0.449 e. The summed E-state index contributed by atoms with van der Waals surface area (Å²) in [5.41, 5.74) is 6.73. The summed E-state index contributed by atoms with van der Waals surface area (Å²) in [5, 5.41) is 5.30. The van der Waals surface area contributed by atoms with Gasteiger partial charge in [0.15, 0.2) is 0 Å². The number of nitrogens with two attached hydrogens (primary N) is 1. The molecule has 122 valence electrons. The lowest BCUT2D eigenvalue weighted by Gasteiger charge is -2.06. The summed E-state index contributed by atoms with van der Waals surface area (Å²) in [4.78, 5) is 24.4. The molecule has 4 rings (SSSR count). The van der Waals surface area contributed by atoms with Crippen LogP contribution in [0.3, 0.4) is 0 Å². The first-order valence-electron chi connectivity index (χ1n) is 7.75. The molecule has 0 spiro atoms. The van der Waals surface area contributed by atoms with Crippen molar-refractivity contribution in [2.45, 2.75) is 0 Å². The number of anilines is 1. The van der Waals surface area contributed by atoms with E-state index in [4.69, 9.17) is 10.2 Å². The van der Waals surface area contributed by atoms with Crippen molar-refractivity contribution in [3.63, 3.8) is 0 Å². The Morgan fingerprint density at radius 1 is 0.880 bits per heavy atom. The number of primary amides is 1. The molecular formula is C20H14N2O3. The summed E-state index contributed by atoms with van der Waals surface area (Å²) in [6, 6.07) is 20.1. The van der Waals surface area contributed by atoms with Gasteiger partial charge in [0, 0.05) is 5.56 Å². The highest BCUT2D eigenvalue weighted by Gasteiger charge is 2.22. The van der Waals surface area contributed by atoms with E-state index in [1.54, 1.807) is 30.3 Å². The van der Waals surface area contributed by atoms with Crippen LogP contribution in [0.2, 0.25) is 0 Å². The fourth-order valence-electron chi connectivity index (χ4n) is 2.94. The number of hydrogen-bond donors (Lipinski definition) is 2. The van der Waals surface area contributed by atoms with Crippen molar-refractivity contribution in [1.29, 1.82) is 0 Å². The molecule has 1 aromatic heterocycles. The highest BCUT2D eigenvalue weighted by atomic mass is 16.3. The quantitative estimate of drug-likeness (QED) is 0.596. The molecule has 0 unspecified atom stereocenters. The largest absolute Gasteiger partial charge is 0.449 e. The summed E-state index contributed by atoms with van der Waals surface area (Å²) >= 11 is 0. The van der Waals surface area contributed by atoms with Crippen molar-refractivity contribution in [3.8, 4) is 0 Å². The molecule has 0 saturated heterocycles. The van der Waals surface area contributed by atoms with Gasteiger partial charge in [0.05, 0.1) is 5.39 Å². The molecular weight excluding hydrogens is 316 g/mol. The number of fused-ring (bicyclic) bond motifs is 3. The highest BCUT2D eigenvalue weighted by Crippen LogP contribution is 2.36. The molecule has 2 amide bonds. The summed E-state index contributed by atoms with van der Waals surface area (Å²) in [6.45, 7) is 0. The molecule has 5 nitrogen and oxygen atoms in total. The molecule has 0 aliphatic carbocycles. The Morgan fingerprint density at radius 2 is 1.60 bits per heavy atom. The van der Waals surface area contributed by atoms with E-state index >= 15 is 0 Å². The van der Waals surface area contributed by atoms with Gasteiger partial charge in [-0.15, -0.1) is 0 Å². The van der Waals surface area contributed by atoms with Gasteiger partial charge in [-0.05, 0) is 29.0 Å². The van der Waals surface area contributed by atoms with Gasteiger partial charge >= 0.3 is 0 Å². The third-order valence-electron chi connectivity index (χ3n) is 4.08. The van der Waals surface area contributed by atoms with Crippen molar-refractivity contribution >= 4 is 39.2 Å². The lowest BCUT2D eigenvalue weighted by atomic mass is 10.0. The van der Waals surface area contributed by atoms with Gasteiger partial charge in [0.1, 0.15) is 11.3 Å². The first-order chi connectivity index (χ1) is 12.1. The normalized spacial score (nSPS) is 10.9. The van der Waals surface area contributed by atoms with E-state index in [2.05, 4.69) is 5.32 Å². The average molecular weight is 330 g/mol. The average Bonchev–Trinajstić information content (AvgIpc) is 3.01. The van der Waals surface area contributed by atoms with E-state index in [-0.39, 0.29) is 11.7 Å². The van der Waals surface area contributed by atoms with Gasteiger partial charge in [0.2, 0.25) is 5.76 Å². The van der Waals surface area contributed by atoms with E-state index < -0.39 is 5.91 Å². The predicted octanol–water partition coefficient (Wildman–Crippen LogP) is 3.94. The molecule has 5 heteroatoms. The van der Waals surface area contributed by atoms with Crippen molar-refractivity contribution in [2.24, 2.45) is 5.73 Å². The third kappa shape index (κ3) is 2.52. The standard InChI is InChI=1S/C20H14N2O3/c21-19(23)18-17(22-20(24)13-7-2-1-3-8-13)16-14-9-5-4-6-12(14)10-11-15(16)25-18/h1-11H,(H2,21,23)(H,22,24). The molecule has 0 atom stereocenters. The summed E-state index contributed by atoms with van der Waals surface area (Å²) in [7, 11) is 0. The molecule has 0 radical (unpaired) electrons. The van der Waals surface area contributed by atoms with Gasteiger partial charge in [-0.2, -0.15) is 0 Å². The summed E-state index contributed by atoms with van der Waals surface area (Å²) < 4.78 is 5.62. The van der Waals surface area contributed by atoms with E-state index in [0.717, 1.165) is 10.8 Å². The van der Waals surface area contributed by atoms with Crippen LogP contribution in [-0.2, 0) is 0 Å². The van der Waals surface area contributed by atoms with Gasteiger partial charge in [-0.3, -0.25) is 9.59 Å². The number of carbonyl (C=O) groups excluding carboxylic acids is 2. The van der Waals surface area contributed by atoms with Crippen LogP contribution in [0.25, 0.3) is 21.7 Å². The van der Waals surface area contributed by atoms with Crippen LogP contribution >= 0.6 is 0 Å². The maximum atomic E-state index is 12.6. The molecule has 4 aromatic rings. The van der Waals surface area contributed by atoms with Crippen molar-refractivity contribution in [3.05, 3.63) is 78.1 Å². The Labute approximate surface area is 143 Å². The smallest absolute Gasteiger partial charge is 0.286 e. The third-order valence-corrected chi connectivity index (χ3v) is 4.08. The zero-order valence-corrected chi connectivity index (χ0v) is 13.2. The predicted molar refractivity (Wildman–Crippen MR) is 96.6 cm³/mol. The molecule has 0 saturated carbocycles. The van der Waals surface area contributed by atoms with E-state index in [9.17, 15) is 9.59 Å². The minimum absolute atomic E-state index is 0.0596. The van der Waals surface area contributed by atoms with Crippen LogP contribution in [0.5, 0.6) is 0 Å². The van der Waals surface area contributed by atoms with Gasteiger partial charge in [-0.25, -0.2) is 0 Å². The molecule has 25 heavy (non-hydrogen) atoms. The summed E-state index contributed by atoms with van der Waals surface area (Å²) in [6.07, 6.45) is 0. The number of furan rings is 1. The highest BCUT2D eigenvalue weighted by molar-refractivity contribution is 6.20. The summed E-state index contributed by atoms with van der Waals surface area (Å²) in [5.74, 6) is -1.13. The molecule has 0 bridgehead atoms. The molecule has 0 aliphatic heterocycles. The first kappa shape index (κ1) is 15.0. The van der Waals surface area contributed by atoms with Gasteiger partial charge in [-0.1, -0.05) is 48.5 Å². The van der Waals surface area contributed by atoms with Crippen LogP contribution in [0.4, 0.5) is 5.69 Å². The number of nitrogens with one attached hydrogen (secondary N) is 1. The number of carbonyl (C=O) groups is 2. The van der Waals surface area contributed by atoms with Gasteiger partial charge in [0.25, 0.3) is 11.8 Å². The van der Waals surface area contributed by atoms with Crippen LogP contribution in [-0.4, -0.2) is 11.8 Å². The minimum atomic E-state index is -0.733. The Morgan fingerprint density at radius 3 is 2.36 bits per heavy atom. The van der Waals surface area contributed by atoms with E-state index in [1.165, 1.54) is 0 Å². The van der Waals surface area contributed by atoms with Crippen LogP contribution < -0.4 is 11.1 Å². The Balaban J connectivity index is 1.94. The van der Waals surface area contributed by atoms with E-state index in [1.807, 2.05) is 36.4 Å². The Kier molecular flexibility index (Phi) is 3.47. The number of rotatable bonds is 3. The Hall–Kier alpha value is -3.60. The Bertz CT molecular complexity index is 1110. The fourth-order valence-corrected chi connectivity index (χ4v) is 2.94. The molecule has 1 heterocycles. The van der Waals surface area contributed by atoms with E-state index in [0.29, 0.717) is 22.2 Å². The molecule has 0 fully saturated rings. The van der Waals surface area contributed by atoms with Crippen LogP contribution in [0.1, 0.15) is 20.9 Å². The van der Waals surface area contributed by atoms with Crippen molar-refractivity contribution in [2.75, 3.05) is 5.32 Å². The SMILES string of the molecule is NC(=O)c1oc2ccc3ccccc3c2c1NC(=O)c1ccccc1. The van der Waals surface area contributed by atoms with Gasteiger partial charge < -0.3 is 15.5 Å². The van der Waals surface area contributed by atoms with Crippen LogP contribution in [0.15, 0.2) is 71.1 Å². The zero-order valence-electron chi connectivity index (χ0n) is 13.2. The monoisotopic (exact) mass is 330 g/mol. The zero-order chi connectivity index (χ0) is 17.4. The maximum Gasteiger partial charge on any atom is 0.286 e. The first-order valence-corrected chi connectivity index (χ1v) is 7.75. The molecule has 3 aromatic carbocycles. The second-order valence-corrected chi connectivity index (χ2v) is 5.65. The number of amides is 2. The van der Waals surface area contributed by atoms with Crippen molar-refractivity contribution in [1.82, 2.24) is 0 Å². The second kappa shape index (κ2) is 5.79. The molecule has 3 N–H and O–H groups in total. The number of hydrogen-bond acceptors (Lipinski definition) is 3. The second-order valence-electron chi connectivity index (χ2n) is 5.65. The van der Waals surface area contributed by atoms with Crippen LogP contribution in [0, 0.1) is 0 Å². The maximum absolute atomic E-state index is 12.6. The lowest BCUT2D eigenvalue weighted by Crippen LogP contribution is -2.17. The topological polar surface area (TPSA) is 85.3 Å².